The van der Waals surface area contributed by atoms with E-state index >= 15 is 0 Å². The monoisotopic (exact) mass is 284 g/mol. The third-order valence-corrected chi connectivity index (χ3v) is 5.17. The number of aryl methyl sites for hydroxylation is 1. The van der Waals surface area contributed by atoms with Crippen molar-refractivity contribution in [3.63, 3.8) is 0 Å². The minimum absolute atomic E-state index is 0.219. The summed E-state index contributed by atoms with van der Waals surface area (Å²) in [6.07, 6.45) is 3.72. The van der Waals surface area contributed by atoms with Crippen molar-refractivity contribution in [3.8, 4) is 0 Å². The average Bonchev–Trinajstić information content (AvgIpc) is 2.40. The lowest BCUT2D eigenvalue weighted by atomic mass is 9.91. The summed E-state index contributed by atoms with van der Waals surface area (Å²) in [6.45, 7) is 2.02. The fourth-order valence-electron chi connectivity index (χ4n) is 2.44. The van der Waals surface area contributed by atoms with Gasteiger partial charge in [0.15, 0.2) is 0 Å². The Morgan fingerprint density at radius 2 is 2.17 bits per heavy atom. The van der Waals surface area contributed by atoms with Gasteiger partial charge in [0.1, 0.15) is 0 Å². The van der Waals surface area contributed by atoms with Crippen LogP contribution in [0.3, 0.4) is 0 Å². The second kappa shape index (κ2) is 6.80. The van der Waals surface area contributed by atoms with E-state index in [1.54, 1.807) is 0 Å². The zero-order valence-corrected chi connectivity index (χ0v) is 12.4. The molecule has 1 saturated heterocycles. The number of rotatable bonds is 4. The molecule has 1 unspecified atom stereocenters. The third kappa shape index (κ3) is 3.64. The van der Waals surface area contributed by atoms with Crippen LogP contribution in [0.5, 0.6) is 0 Å². The molecule has 2 nitrogen and oxygen atoms in total. The number of hydrogen-bond donors (Lipinski definition) is 2. The molecule has 1 aromatic rings. The molecule has 0 saturated carbocycles. The predicted octanol–water partition coefficient (Wildman–Crippen LogP) is 3.69. The summed E-state index contributed by atoms with van der Waals surface area (Å²) in [5, 5.41) is 0.826. The molecule has 0 radical (unpaired) electrons. The van der Waals surface area contributed by atoms with Crippen molar-refractivity contribution in [3.05, 3.63) is 34.3 Å². The van der Waals surface area contributed by atoms with Crippen LogP contribution in [-0.4, -0.2) is 11.5 Å². The first-order valence-corrected chi connectivity index (χ1v) is 8.04. The lowest BCUT2D eigenvalue weighted by Gasteiger charge is -2.26. The minimum atomic E-state index is 0.219. The molecule has 0 aromatic heterocycles. The van der Waals surface area contributed by atoms with E-state index in [-0.39, 0.29) is 6.04 Å². The minimum Gasteiger partial charge on any atom is -0.271 e. The SMILES string of the molecule is Cc1ccc(C(CC2CCSCC2)NN)cc1Cl. The highest BCUT2D eigenvalue weighted by atomic mass is 35.5. The maximum absolute atomic E-state index is 6.19. The van der Waals surface area contributed by atoms with Gasteiger partial charge in [0.2, 0.25) is 0 Å². The summed E-state index contributed by atoms with van der Waals surface area (Å²) < 4.78 is 0. The highest BCUT2D eigenvalue weighted by molar-refractivity contribution is 7.99. The Balaban J connectivity index is 2.04. The van der Waals surface area contributed by atoms with Crippen molar-refractivity contribution >= 4 is 23.4 Å². The first-order valence-electron chi connectivity index (χ1n) is 6.50. The number of hydrazine groups is 1. The van der Waals surface area contributed by atoms with Crippen molar-refractivity contribution in [2.45, 2.75) is 32.2 Å². The Morgan fingerprint density at radius 3 is 2.78 bits per heavy atom. The van der Waals surface area contributed by atoms with Gasteiger partial charge in [-0.1, -0.05) is 23.7 Å². The van der Waals surface area contributed by atoms with Crippen molar-refractivity contribution < 1.29 is 0 Å². The summed E-state index contributed by atoms with van der Waals surface area (Å²) in [7, 11) is 0. The quantitative estimate of drug-likeness (QED) is 0.654. The van der Waals surface area contributed by atoms with Gasteiger partial charge in [-0.05, 0) is 60.8 Å². The Kier molecular flexibility index (Phi) is 5.37. The summed E-state index contributed by atoms with van der Waals surface area (Å²) in [5.74, 6) is 9.07. The van der Waals surface area contributed by atoms with Gasteiger partial charge in [-0.2, -0.15) is 11.8 Å². The fraction of sp³-hybridized carbons (Fsp3) is 0.571. The van der Waals surface area contributed by atoms with Gasteiger partial charge >= 0.3 is 0 Å². The van der Waals surface area contributed by atoms with Crippen LogP contribution in [-0.2, 0) is 0 Å². The molecule has 0 spiro atoms. The van der Waals surface area contributed by atoms with Gasteiger partial charge in [0.25, 0.3) is 0 Å². The molecule has 1 atom stereocenters. The van der Waals surface area contributed by atoms with Gasteiger partial charge in [-0.3, -0.25) is 11.3 Å². The lowest BCUT2D eigenvalue weighted by Crippen LogP contribution is -2.30. The van der Waals surface area contributed by atoms with Crippen LogP contribution < -0.4 is 11.3 Å². The average molecular weight is 285 g/mol. The highest BCUT2D eigenvalue weighted by Gasteiger charge is 2.20. The van der Waals surface area contributed by atoms with Gasteiger partial charge in [-0.15, -0.1) is 0 Å². The second-order valence-electron chi connectivity index (χ2n) is 5.02. The molecule has 3 N–H and O–H groups in total. The second-order valence-corrected chi connectivity index (χ2v) is 6.65. The smallest absolute Gasteiger partial charge is 0.0463 e. The Morgan fingerprint density at radius 1 is 1.44 bits per heavy atom. The molecule has 0 amide bonds. The number of benzene rings is 1. The van der Waals surface area contributed by atoms with E-state index in [0.717, 1.165) is 22.9 Å². The van der Waals surface area contributed by atoms with Crippen molar-refractivity contribution in [1.82, 2.24) is 5.43 Å². The van der Waals surface area contributed by atoms with Crippen LogP contribution in [0.1, 0.15) is 36.4 Å². The zero-order valence-electron chi connectivity index (χ0n) is 10.8. The summed E-state index contributed by atoms with van der Waals surface area (Å²) in [6, 6.07) is 6.46. The zero-order chi connectivity index (χ0) is 13.0. The Bertz CT molecular complexity index is 391. The normalized spacial score (nSPS) is 18.8. The number of halogens is 1. The van der Waals surface area contributed by atoms with E-state index in [9.17, 15) is 0 Å². The molecule has 2 rings (SSSR count). The van der Waals surface area contributed by atoms with Gasteiger partial charge in [-0.25, -0.2) is 0 Å². The van der Waals surface area contributed by atoms with Crippen LogP contribution >= 0.6 is 23.4 Å². The molecular weight excluding hydrogens is 264 g/mol. The molecule has 1 aliphatic rings. The fourth-order valence-corrected chi connectivity index (χ4v) is 3.83. The number of nitrogens with one attached hydrogen (secondary N) is 1. The van der Waals surface area contributed by atoms with E-state index in [2.05, 4.69) is 29.3 Å². The van der Waals surface area contributed by atoms with Crippen molar-refractivity contribution in [2.24, 2.45) is 11.8 Å². The van der Waals surface area contributed by atoms with Crippen LogP contribution in [0.25, 0.3) is 0 Å². The van der Waals surface area contributed by atoms with Gasteiger partial charge in [0.05, 0.1) is 0 Å². The van der Waals surface area contributed by atoms with Crippen LogP contribution in [0, 0.1) is 12.8 Å². The third-order valence-electron chi connectivity index (χ3n) is 3.71. The van der Waals surface area contributed by atoms with E-state index < -0.39 is 0 Å². The first-order chi connectivity index (χ1) is 8.70. The number of hydrogen-bond acceptors (Lipinski definition) is 3. The topological polar surface area (TPSA) is 38.0 Å². The molecule has 18 heavy (non-hydrogen) atoms. The van der Waals surface area contributed by atoms with E-state index in [1.165, 1.54) is 29.9 Å². The van der Waals surface area contributed by atoms with Crippen LogP contribution in [0.15, 0.2) is 18.2 Å². The van der Waals surface area contributed by atoms with Gasteiger partial charge in [0, 0.05) is 11.1 Å². The molecule has 1 aliphatic heterocycles. The maximum atomic E-state index is 6.19. The molecule has 1 fully saturated rings. The summed E-state index contributed by atoms with van der Waals surface area (Å²) in [5.41, 5.74) is 5.26. The van der Waals surface area contributed by atoms with E-state index in [0.29, 0.717) is 0 Å². The summed E-state index contributed by atoms with van der Waals surface area (Å²) >= 11 is 8.25. The van der Waals surface area contributed by atoms with Crippen molar-refractivity contribution in [2.75, 3.05) is 11.5 Å². The maximum Gasteiger partial charge on any atom is 0.0463 e. The van der Waals surface area contributed by atoms with Crippen LogP contribution in [0.4, 0.5) is 0 Å². The molecule has 4 heteroatoms. The van der Waals surface area contributed by atoms with Gasteiger partial charge < -0.3 is 0 Å². The molecular formula is C14H21ClN2S. The van der Waals surface area contributed by atoms with E-state index in [4.69, 9.17) is 17.4 Å². The van der Waals surface area contributed by atoms with Crippen LogP contribution in [0.2, 0.25) is 5.02 Å². The molecule has 0 bridgehead atoms. The standard InChI is InChI=1S/C14H21ClN2S/c1-10-2-3-12(9-13(10)15)14(17-16)8-11-4-6-18-7-5-11/h2-3,9,11,14,17H,4-8,16H2,1H3. The molecule has 0 aliphatic carbocycles. The molecule has 1 aromatic carbocycles. The predicted molar refractivity (Wildman–Crippen MR) is 80.9 cm³/mol. The Hall–Kier alpha value is -0.220. The lowest BCUT2D eigenvalue weighted by molar-refractivity contribution is 0.374. The number of thioether (sulfide) groups is 1. The Labute approximate surface area is 119 Å². The largest absolute Gasteiger partial charge is 0.271 e. The van der Waals surface area contributed by atoms with Crippen molar-refractivity contribution in [1.29, 1.82) is 0 Å². The summed E-state index contributed by atoms with van der Waals surface area (Å²) in [4.78, 5) is 0. The van der Waals surface area contributed by atoms with E-state index in [1.807, 2.05) is 13.0 Å². The highest BCUT2D eigenvalue weighted by Crippen LogP contribution is 2.31. The number of nitrogens with two attached hydrogens (primary N) is 1. The molecule has 100 valence electrons. The molecule has 1 heterocycles. The first kappa shape index (κ1) is 14.2.